The first-order chi connectivity index (χ1) is 19.9. The fourth-order valence-corrected chi connectivity index (χ4v) is 7.64. The molecule has 6 rings (SSSR count). The van der Waals surface area contributed by atoms with Crippen LogP contribution in [0.3, 0.4) is 0 Å². The van der Waals surface area contributed by atoms with Gasteiger partial charge < -0.3 is 14.7 Å². The molecule has 4 unspecified atom stereocenters. The maximum absolute atomic E-state index is 10.8. The largest absolute Gasteiger partial charge is 0.482 e. The van der Waals surface area contributed by atoms with E-state index in [4.69, 9.17) is 33.0 Å². The lowest BCUT2D eigenvalue weighted by Crippen LogP contribution is -2.45. The number of piperidine rings is 1. The van der Waals surface area contributed by atoms with Gasteiger partial charge in [0.25, 0.3) is 0 Å². The van der Waals surface area contributed by atoms with Crippen LogP contribution >= 0.6 is 23.2 Å². The molecule has 6 nitrogen and oxygen atoms in total. The van der Waals surface area contributed by atoms with Gasteiger partial charge in [0, 0.05) is 46.8 Å². The SMILES string of the molecule is O=C(O)COc1ccc(N2CCC(C3NNC4CCC(C(c5ccc(Cl)cc5)c5ccc(Cl)cc5)CC43)CC2)cc1. The van der Waals surface area contributed by atoms with E-state index in [0.29, 0.717) is 41.5 Å². The molecule has 4 atom stereocenters. The Morgan fingerprint density at radius 1 is 0.854 bits per heavy atom. The molecule has 2 saturated heterocycles. The molecule has 3 aromatic rings. The highest BCUT2D eigenvalue weighted by Gasteiger charge is 2.45. The number of carboxylic acids is 1. The lowest BCUT2D eigenvalue weighted by Gasteiger charge is -2.41. The summed E-state index contributed by atoms with van der Waals surface area (Å²) in [5.74, 6) is 1.69. The van der Waals surface area contributed by atoms with Crippen LogP contribution in [-0.4, -0.2) is 42.9 Å². The number of anilines is 1. The molecule has 0 bridgehead atoms. The summed E-state index contributed by atoms with van der Waals surface area (Å²) in [5, 5.41) is 10.4. The van der Waals surface area contributed by atoms with Crippen LogP contribution < -0.4 is 20.5 Å². The number of halogens is 2. The summed E-state index contributed by atoms with van der Waals surface area (Å²) in [6.07, 6.45) is 5.82. The Morgan fingerprint density at radius 2 is 1.46 bits per heavy atom. The minimum Gasteiger partial charge on any atom is -0.482 e. The van der Waals surface area contributed by atoms with Crippen LogP contribution in [0, 0.1) is 17.8 Å². The third-order valence-electron chi connectivity index (χ3n) is 9.38. The van der Waals surface area contributed by atoms with Crippen molar-refractivity contribution in [1.82, 2.24) is 10.9 Å². The summed E-state index contributed by atoms with van der Waals surface area (Å²) in [6, 6.07) is 25.6. The van der Waals surface area contributed by atoms with Crippen molar-refractivity contribution in [2.45, 2.75) is 50.1 Å². The summed E-state index contributed by atoms with van der Waals surface area (Å²) in [4.78, 5) is 13.2. The quantitative estimate of drug-likeness (QED) is 0.268. The van der Waals surface area contributed by atoms with Crippen molar-refractivity contribution >= 4 is 34.9 Å². The molecule has 2 aliphatic heterocycles. The van der Waals surface area contributed by atoms with Gasteiger partial charge in [-0.3, -0.25) is 10.9 Å². The van der Waals surface area contributed by atoms with Gasteiger partial charge in [-0.25, -0.2) is 4.79 Å². The molecule has 0 aromatic heterocycles. The van der Waals surface area contributed by atoms with Crippen molar-refractivity contribution in [2.75, 3.05) is 24.6 Å². The average molecular weight is 595 g/mol. The Hall–Kier alpha value is -2.77. The predicted molar refractivity (Wildman–Crippen MR) is 164 cm³/mol. The van der Waals surface area contributed by atoms with Gasteiger partial charge >= 0.3 is 5.97 Å². The van der Waals surface area contributed by atoms with Crippen LogP contribution in [0.2, 0.25) is 10.0 Å². The Morgan fingerprint density at radius 3 is 2.05 bits per heavy atom. The number of carboxylic acid groups (broad SMARTS) is 1. The first kappa shape index (κ1) is 28.4. The van der Waals surface area contributed by atoms with E-state index in [-0.39, 0.29) is 6.61 Å². The smallest absolute Gasteiger partial charge is 0.341 e. The minimum absolute atomic E-state index is 0.316. The summed E-state index contributed by atoms with van der Waals surface area (Å²) >= 11 is 12.5. The normalized spacial score (nSPS) is 24.8. The molecule has 3 fully saturated rings. The zero-order valence-corrected chi connectivity index (χ0v) is 24.5. The molecule has 1 saturated carbocycles. The maximum Gasteiger partial charge on any atom is 0.341 e. The molecular weight excluding hydrogens is 557 g/mol. The fourth-order valence-electron chi connectivity index (χ4n) is 7.39. The lowest BCUT2D eigenvalue weighted by molar-refractivity contribution is -0.139. The van der Waals surface area contributed by atoms with Gasteiger partial charge in [-0.05, 0) is 110 Å². The van der Waals surface area contributed by atoms with E-state index in [0.717, 1.165) is 41.7 Å². The Kier molecular flexibility index (Phi) is 8.73. The van der Waals surface area contributed by atoms with Crippen molar-refractivity contribution in [1.29, 1.82) is 0 Å². The number of nitrogens with one attached hydrogen (secondary N) is 2. The number of rotatable bonds is 8. The van der Waals surface area contributed by atoms with Crippen LogP contribution in [0.25, 0.3) is 0 Å². The number of hydrogen-bond donors (Lipinski definition) is 3. The lowest BCUT2D eigenvalue weighted by atomic mass is 9.66. The van der Waals surface area contributed by atoms with Crippen LogP contribution in [-0.2, 0) is 4.79 Å². The van der Waals surface area contributed by atoms with Gasteiger partial charge in [0.15, 0.2) is 6.61 Å². The van der Waals surface area contributed by atoms with Gasteiger partial charge in [-0.1, -0.05) is 47.5 Å². The number of hydrogen-bond acceptors (Lipinski definition) is 5. The number of nitrogens with zero attached hydrogens (tertiary/aromatic N) is 1. The van der Waals surface area contributed by atoms with E-state index in [2.05, 4.69) is 40.0 Å². The summed E-state index contributed by atoms with van der Waals surface area (Å²) in [7, 11) is 0. The van der Waals surface area contributed by atoms with E-state index in [1.807, 2.05) is 48.5 Å². The Balaban J connectivity index is 1.12. The summed E-state index contributed by atoms with van der Waals surface area (Å²) < 4.78 is 5.29. The number of aliphatic carboxylic acids is 1. The first-order valence-electron chi connectivity index (χ1n) is 14.7. The summed E-state index contributed by atoms with van der Waals surface area (Å²) in [6.45, 7) is 1.70. The van der Waals surface area contributed by atoms with E-state index in [9.17, 15) is 4.79 Å². The highest BCUT2D eigenvalue weighted by Crippen LogP contribution is 2.46. The number of fused-ring (bicyclic) bond motifs is 1. The second kappa shape index (κ2) is 12.6. The highest BCUT2D eigenvalue weighted by atomic mass is 35.5. The fraction of sp³-hybridized carbons (Fsp3) is 0.424. The van der Waals surface area contributed by atoms with Gasteiger partial charge in [0.05, 0.1) is 0 Å². The van der Waals surface area contributed by atoms with Crippen LogP contribution in [0.15, 0.2) is 72.8 Å². The maximum atomic E-state index is 10.8. The average Bonchev–Trinajstić information content (AvgIpc) is 3.42. The van der Waals surface area contributed by atoms with E-state index in [1.165, 1.54) is 30.4 Å². The summed E-state index contributed by atoms with van der Waals surface area (Å²) in [5.41, 5.74) is 11.2. The monoisotopic (exact) mass is 593 g/mol. The van der Waals surface area contributed by atoms with Crippen molar-refractivity contribution < 1.29 is 14.6 Å². The minimum atomic E-state index is -0.969. The predicted octanol–water partition coefficient (Wildman–Crippen LogP) is 6.77. The molecule has 1 aliphatic carbocycles. The zero-order chi connectivity index (χ0) is 28.3. The molecule has 3 aromatic carbocycles. The van der Waals surface area contributed by atoms with Crippen molar-refractivity contribution in [2.24, 2.45) is 17.8 Å². The molecule has 2 heterocycles. The van der Waals surface area contributed by atoms with Crippen molar-refractivity contribution in [3.63, 3.8) is 0 Å². The van der Waals surface area contributed by atoms with E-state index < -0.39 is 5.97 Å². The number of hydrazine groups is 1. The molecule has 3 N–H and O–H groups in total. The Labute approximate surface area is 252 Å². The van der Waals surface area contributed by atoms with Crippen molar-refractivity contribution in [3.05, 3.63) is 94.0 Å². The second-order valence-electron chi connectivity index (χ2n) is 11.7. The molecule has 0 radical (unpaired) electrons. The van der Waals surface area contributed by atoms with Gasteiger partial charge in [-0.15, -0.1) is 0 Å². The molecule has 216 valence electrons. The number of carbonyl (C=O) groups is 1. The van der Waals surface area contributed by atoms with Crippen LogP contribution in [0.4, 0.5) is 5.69 Å². The van der Waals surface area contributed by atoms with E-state index >= 15 is 0 Å². The first-order valence-corrected chi connectivity index (χ1v) is 15.4. The van der Waals surface area contributed by atoms with Gasteiger partial charge in [0.1, 0.15) is 5.75 Å². The number of ether oxygens (including phenoxy) is 1. The topological polar surface area (TPSA) is 73.8 Å². The third-order valence-corrected chi connectivity index (χ3v) is 9.88. The highest BCUT2D eigenvalue weighted by molar-refractivity contribution is 6.30. The second-order valence-corrected chi connectivity index (χ2v) is 12.6. The molecule has 41 heavy (non-hydrogen) atoms. The molecule has 3 aliphatic rings. The van der Waals surface area contributed by atoms with Crippen molar-refractivity contribution in [3.8, 4) is 5.75 Å². The molecule has 8 heteroatoms. The van der Waals surface area contributed by atoms with Gasteiger partial charge in [-0.2, -0.15) is 0 Å². The molecule has 0 spiro atoms. The van der Waals surface area contributed by atoms with Crippen LogP contribution in [0.1, 0.15) is 49.1 Å². The zero-order valence-electron chi connectivity index (χ0n) is 23.0. The molecule has 0 amide bonds. The molecular formula is C33H37Cl2N3O3. The van der Waals surface area contributed by atoms with E-state index in [1.54, 1.807) is 0 Å². The third kappa shape index (κ3) is 6.51. The number of benzene rings is 3. The van der Waals surface area contributed by atoms with Gasteiger partial charge in [0.2, 0.25) is 0 Å². The standard InChI is InChI=1S/C33H37Cl2N3O3/c34-25-6-1-21(2-7-25)32(22-3-8-26(35)9-4-22)24-5-14-30-29(19-24)33(37-36-30)23-15-17-38(18-16-23)27-10-12-28(13-11-27)41-20-31(39)40/h1-4,6-13,23-24,29-30,32-33,36-37H,5,14-20H2,(H,39,40). The van der Waals surface area contributed by atoms with Crippen LogP contribution in [0.5, 0.6) is 5.75 Å². The Bertz CT molecular complexity index is 1270.